The van der Waals surface area contributed by atoms with Crippen LogP contribution in [-0.2, 0) is 0 Å². The topological polar surface area (TPSA) is 15.3 Å². The van der Waals surface area contributed by atoms with Gasteiger partial charge in [-0.2, -0.15) is 13.2 Å². The Hall–Kier alpha value is -0.290. The summed E-state index contributed by atoms with van der Waals surface area (Å²) in [7, 11) is 0. The maximum absolute atomic E-state index is 12.1. The van der Waals surface area contributed by atoms with E-state index in [0.29, 0.717) is 5.92 Å². The molecule has 96 valence electrons. The minimum absolute atomic E-state index is 0.0167. The number of hydrogen-bond donors (Lipinski definition) is 1. The summed E-state index contributed by atoms with van der Waals surface area (Å²) < 4.78 is 36.2. The minimum atomic E-state index is -4.10. The number of nitrogens with one attached hydrogen (secondary N) is 1. The Morgan fingerprint density at radius 1 is 1.31 bits per heavy atom. The van der Waals surface area contributed by atoms with E-state index in [4.69, 9.17) is 0 Å². The number of likely N-dealkylation sites (tertiary alicyclic amines) is 1. The first-order valence-electron chi connectivity index (χ1n) is 5.93. The van der Waals surface area contributed by atoms with Crippen LogP contribution in [0.4, 0.5) is 13.2 Å². The molecule has 1 heterocycles. The first-order chi connectivity index (χ1) is 7.40. The van der Waals surface area contributed by atoms with Gasteiger partial charge in [0, 0.05) is 19.1 Å². The van der Waals surface area contributed by atoms with Crippen LogP contribution < -0.4 is 5.32 Å². The summed E-state index contributed by atoms with van der Waals surface area (Å²) in [6, 6.07) is -0.0167. The lowest BCUT2D eigenvalue weighted by molar-refractivity contribution is -0.127. The third kappa shape index (κ3) is 5.16. The molecule has 1 aliphatic heterocycles. The fourth-order valence-electron chi connectivity index (χ4n) is 2.37. The molecule has 1 aliphatic rings. The molecule has 16 heavy (non-hydrogen) atoms. The van der Waals surface area contributed by atoms with Gasteiger partial charge in [0.2, 0.25) is 0 Å². The van der Waals surface area contributed by atoms with E-state index in [1.54, 1.807) is 0 Å². The van der Waals surface area contributed by atoms with Crippen LogP contribution in [0.15, 0.2) is 0 Å². The molecule has 0 aromatic heterocycles. The highest BCUT2D eigenvalue weighted by Crippen LogP contribution is 2.18. The first-order valence-corrected chi connectivity index (χ1v) is 5.93. The van der Waals surface area contributed by atoms with Crippen molar-refractivity contribution in [3.8, 4) is 0 Å². The molecule has 0 aromatic carbocycles. The second kappa shape index (κ2) is 5.87. The second-order valence-corrected chi connectivity index (χ2v) is 4.79. The molecule has 0 aromatic rings. The zero-order valence-corrected chi connectivity index (χ0v) is 9.98. The molecular weight excluding hydrogens is 217 g/mol. The summed E-state index contributed by atoms with van der Waals surface area (Å²) >= 11 is 0. The molecule has 0 bridgehead atoms. The minimum Gasteiger partial charge on any atom is -0.305 e. The summed E-state index contributed by atoms with van der Waals surface area (Å²) in [4.78, 5) is 2.25. The highest BCUT2D eigenvalue weighted by molar-refractivity contribution is 4.82. The maximum atomic E-state index is 12.1. The average Bonchev–Trinajstić information content (AvgIpc) is 2.13. The van der Waals surface area contributed by atoms with E-state index < -0.39 is 12.7 Å². The van der Waals surface area contributed by atoms with Gasteiger partial charge in [-0.1, -0.05) is 13.8 Å². The van der Waals surface area contributed by atoms with Gasteiger partial charge >= 0.3 is 6.18 Å². The normalized spacial score (nSPS) is 28.3. The van der Waals surface area contributed by atoms with Crippen molar-refractivity contribution >= 4 is 0 Å². The number of piperidine rings is 1. The van der Waals surface area contributed by atoms with E-state index in [2.05, 4.69) is 24.1 Å². The van der Waals surface area contributed by atoms with Crippen molar-refractivity contribution in [2.45, 2.75) is 38.9 Å². The molecular formula is C11H21F3N2. The standard InChI is InChI=1S/C11H21F3N2/c1-3-4-16-6-9(2)5-10(7-16)15-8-11(12,13)14/h9-10,15H,3-8H2,1-2H3. The lowest BCUT2D eigenvalue weighted by Crippen LogP contribution is -2.50. The predicted molar refractivity (Wildman–Crippen MR) is 58.4 cm³/mol. The number of rotatable bonds is 4. The SMILES string of the molecule is CCCN1CC(C)CC(NCC(F)(F)F)C1. The van der Waals surface area contributed by atoms with Gasteiger partial charge in [-0.3, -0.25) is 0 Å². The van der Waals surface area contributed by atoms with Crippen molar-refractivity contribution in [1.82, 2.24) is 10.2 Å². The largest absolute Gasteiger partial charge is 0.401 e. The van der Waals surface area contributed by atoms with Crippen molar-refractivity contribution in [2.75, 3.05) is 26.2 Å². The maximum Gasteiger partial charge on any atom is 0.401 e. The van der Waals surface area contributed by atoms with E-state index in [1.807, 2.05) is 0 Å². The lowest BCUT2D eigenvalue weighted by atomic mass is 9.96. The van der Waals surface area contributed by atoms with Gasteiger partial charge in [-0.25, -0.2) is 0 Å². The van der Waals surface area contributed by atoms with Crippen LogP contribution in [-0.4, -0.2) is 43.3 Å². The zero-order chi connectivity index (χ0) is 12.2. The molecule has 2 atom stereocenters. The molecule has 1 N–H and O–H groups in total. The van der Waals surface area contributed by atoms with Gasteiger partial charge in [-0.15, -0.1) is 0 Å². The summed E-state index contributed by atoms with van der Waals surface area (Å²) in [6.45, 7) is 6.06. The van der Waals surface area contributed by atoms with Crippen LogP contribution in [0.5, 0.6) is 0 Å². The number of hydrogen-bond acceptors (Lipinski definition) is 2. The average molecular weight is 238 g/mol. The molecule has 0 aliphatic carbocycles. The molecule has 2 unspecified atom stereocenters. The Balaban J connectivity index is 2.35. The molecule has 0 radical (unpaired) electrons. The molecule has 5 heteroatoms. The van der Waals surface area contributed by atoms with Crippen LogP contribution in [0.1, 0.15) is 26.7 Å². The Morgan fingerprint density at radius 3 is 2.56 bits per heavy atom. The zero-order valence-electron chi connectivity index (χ0n) is 9.98. The van der Waals surface area contributed by atoms with Gasteiger partial charge in [0.15, 0.2) is 0 Å². The van der Waals surface area contributed by atoms with Crippen LogP contribution in [0, 0.1) is 5.92 Å². The molecule has 1 saturated heterocycles. The van der Waals surface area contributed by atoms with Crippen molar-refractivity contribution < 1.29 is 13.2 Å². The third-order valence-corrected chi connectivity index (χ3v) is 2.87. The summed E-state index contributed by atoms with van der Waals surface area (Å²) in [5.41, 5.74) is 0. The van der Waals surface area contributed by atoms with Crippen molar-refractivity contribution in [1.29, 1.82) is 0 Å². The van der Waals surface area contributed by atoms with E-state index >= 15 is 0 Å². The molecule has 1 fully saturated rings. The van der Waals surface area contributed by atoms with Gasteiger partial charge in [0.1, 0.15) is 0 Å². The quantitative estimate of drug-likeness (QED) is 0.808. The van der Waals surface area contributed by atoms with Crippen LogP contribution in [0.3, 0.4) is 0 Å². The third-order valence-electron chi connectivity index (χ3n) is 2.87. The molecule has 2 nitrogen and oxygen atoms in total. The van der Waals surface area contributed by atoms with E-state index in [9.17, 15) is 13.2 Å². The first kappa shape index (κ1) is 13.8. The van der Waals surface area contributed by atoms with E-state index in [-0.39, 0.29) is 6.04 Å². The molecule has 0 amide bonds. The highest BCUT2D eigenvalue weighted by atomic mass is 19.4. The number of alkyl halides is 3. The van der Waals surface area contributed by atoms with E-state index in [0.717, 1.165) is 32.5 Å². The van der Waals surface area contributed by atoms with Crippen molar-refractivity contribution in [3.05, 3.63) is 0 Å². The smallest absolute Gasteiger partial charge is 0.305 e. The number of halogens is 3. The Bertz CT molecular complexity index is 206. The summed E-state index contributed by atoms with van der Waals surface area (Å²) in [6.07, 6.45) is -2.20. The van der Waals surface area contributed by atoms with Crippen molar-refractivity contribution in [3.63, 3.8) is 0 Å². The lowest BCUT2D eigenvalue weighted by Gasteiger charge is -2.36. The van der Waals surface area contributed by atoms with Crippen LogP contribution in [0.2, 0.25) is 0 Å². The fourth-order valence-corrected chi connectivity index (χ4v) is 2.37. The summed E-state index contributed by atoms with van der Waals surface area (Å²) in [5.74, 6) is 0.478. The molecule has 0 spiro atoms. The van der Waals surface area contributed by atoms with Gasteiger partial charge in [0.05, 0.1) is 6.54 Å². The fraction of sp³-hybridized carbons (Fsp3) is 1.00. The Kier molecular flexibility index (Phi) is 5.05. The Labute approximate surface area is 95.2 Å². The van der Waals surface area contributed by atoms with E-state index in [1.165, 1.54) is 0 Å². The predicted octanol–water partition coefficient (Wildman–Crippen LogP) is 2.26. The van der Waals surface area contributed by atoms with Crippen molar-refractivity contribution in [2.24, 2.45) is 5.92 Å². The number of nitrogens with zero attached hydrogens (tertiary/aromatic N) is 1. The van der Waals surface area contributed by atoms with Gasteiger partial charge in [0.25, 0.3) is 0 Å². The van der Waals surface area contributed by atoms with Crippen LogP contribution in [0.25, 0.3) is 0 Å². The second-order valence-electron chi connectivity index (χ2n) is 4.79. The summed E-state index contributed by atoms with van der Waals surface area (Å²) in [5, 5.41) is 2.61. The monoisotopic (exact) mass is 238 g/mol. The molecule has 1 rings (SSSR count). The molecule has 0 saturated carbocycles. The Morgan fingerprint density at radius 2 is 2.00 bits per heavy atom. The van der Waals surface area contributed by atoms with Crippen LogP contribution >= 0.6 is 0 Å². The van der Waals surface area contributed by atoms with Gasteiger partial charge in [-0.05, 0) is 25.3 Å². The van der Waals surface area contributed by atoms with Gasteiger partial charge < -0.3 is 10.2 Å². The highest BCUT2D eigenvalue weighted by Gasteiger charge is 2.30.